The van der Waals surface area contributed by atoms with Crippen LogP contribution in [0.1, 0.15) is 23.2 Å². The predicted octanol–water partition coefficient (Wildman–Crippen LogP) is 3.04. The van der Waals surface area contributed by atoms with Gasteiger partial charge in [0.05, 0.1) is 17.5 Å². The summed E-state index contributed by atoms with van der Waals surface area (Å²) in [5, 5.41) is 12.5. The van der Waals surface area contributed by atoms with Gasteiger partial charge < -0.3 is 15.3 Å². The normalized spacial score (nSPS) is 15.5. The molecule has 1 saturated heterocycles. The zero-order valence-corrected chi connectivity index (χ0v) is 12.7. The van der Waals surface area contributed by atoms with E-state index >= 15 is 0 Å². The number of piperidine rings is 1. The summed E-state index contributed by atoms with van der Waals surface area (Å²) in [6, 6.07) is 13.1. The highest BCUT2D eigenvalue weighted by molar-refractivity contribution is 6.05. The molecule has 0 saturated carbocycles. The van der Waals surface area contributed by atoms with Crippen molar-refractivity contribution in [3.05, 3.63) is 59.9 Å². The molecule has 0 aliphatic carbocycles. The van der Waals surface area contributed by atoms with Gasteiger partial charge in [-0.1, -0.05) is 12.1 Å². The molecule has 5 heteroatoms. The zero-order chi connectivity index (χ0) is 16.2. The third-order valence-corrected chi connectivity index (χ3v) is 4.06. The van der Waals surface area contributed by atoms with Crippen LogP contribution in [0.15, 0.2) is 48.5 Å². The molecule has 2 aromatic rings. The Morgan fingerprint density at radius 2 is 1.74 bits per heavy atom. The first-order valence-corrected chi connectivity index (χ1v) is 7.72. The van der Waals surface area contributed by atoms with Gasteiger partial charge in [0, 0.05) is 18.7 Å². The van der Waals surface area contributed by atoms with Crippen molar-refractivity contribution < 1.29 is 14.3 Å². The number of amides is 1. The van der Waals surface area contributed by atoms with E-state index in [9.17, 15) is 14.3 Å². The van der Waals surface area contributed by atoms with Crippen molar-refractivity contribution in [2.45, 2.75) is 18.9 Å². The van der Waals surface area contributed by atoms with Crippen LogP contribution in [0, 0.1) is 5.82 Å². The van der Waals surface area contributed by atoms with Gasteiger partial charge in [-0.25, -0.2) is 4.39 Å². The summed E-state index contributed by atoms with van der Waals surface area (Å²) in [6.45, 7) is 1.51. The third-order valence-electron chi connectivity index (χ3n) is 4.06. The lowest BCUT2D eigenvalue weighted by atomic mass is 10.1. The number of para-hydroxylation sites is 2. The molecular weight excluding hydrogens is 295 g/mol. The minimum atomic E-state index is -0.367. The number of nitrogens with one attached hydrogen (secondary N) is 1. The van der Waals surface area contributed by atoms with Crippen molar-refractivity contribution in [1.29, 1.82) is 0 Å². The first-order chi connectivity index (χ1) is 11.1. The van der Waals surface area contributed by atoms with Crippen LogP contribution in [-0.4, -0.2) is 30.2 Å². The lowest BCUT2D eigenvalue weighted by Gasteiger charge is -2.32. The van der Waals surface area contributed by atoms with Gasteiger partial charge in [-0.2, -0.15) is 0 Å². The molecular formula is C18H19FN2O2. The van der Waals surface area contributed by atoms with E-state index in [0.717, 1.165) is 37.3 Å². The van der Waals surface area contributed by atoms with Crippen molar-refractivity contribution in [3.8, 4) is 0 Å². The molecule has 1 amide bonds. The van der Waals surface area contributed by atoms with Crippen LogP contribution in [0.3, 0.4) is 0 Å². The molecule has 2 N–H and O–H groups in total. The summed E-state index contributed by atoms with van der Waals surface area (Å²) in [6.07, 6.45) is 1.20. The van der Waals surface area contributed by atoms with Crippen LogP contribution in [0.5, 0.6) is 0 Å². The predicted molar refractivity (Wildman–Crippen MR) is 88.2 cm³/mol. The van der Waals surface area contributed by atoms with E-state index in [1.54, 1.807) is 0 Å². The van der Waals surface area contributed by atoms with E-state index in [2.05, 4.69) is 10.2 Å². The fourth-order valence-corrected chi connectivity index (χ4v) is 2.76. The number of hydrogen-bond donors (Lipinski definition) is 2. The molecule has 3 rings (SSSR count). The van der Waals surface area contributed by atoms with Gasteiger partial charge in [0.1, 0.15) is 5.82 Å². The number of aliphatic hydroxyl groups is 1. The van der Waals surface area contributed by atoms with E-state index in [0.29, 0.717) is 5.56 Å². The largest absolute Gasteiger partial charge is 0.393 e. The molecule has 0 atom stereocenters. The Morgan fingerprint density at radius 1 is 1.09 bits per heavy atom. The first-order valence-electron chi connectivity index (χ1n) is 7.72. The minimum Gasteiger partial charge on any atom is -0.393 e. The van der Waals surface area contributed by atoms with Gasteiger partial charge in [0.25, 0.3) is 5.91 Å². The summed E-state index contributed by atoms with van der Waals surface area (Å²) in [7, 11) is 0. The number of rotatable bonds is 3. The van der Waals surface area contributed by atoms with Crippen molar-refractivity contribution in [3.63, 3.8) is 0 Å². The van der Waals surface area contributed by atoms with Crippen LogP contribution in [-0.2, 0) is 0 Å². The topological polar surface area (TPSA) is 52.6 Å². The van der Waals surface area contributed by atoms with Gasteiger partial charge in [-0.3, -0.25) is 4.79 Å². The van der Waals surface area contributed by atoms with Crippen molar-refractivity contribution in [1.82, 2.24) is 0 Å². The monoisotopic (exact) mass is 314 g/mol. The number of nitrogens with zero attached hydrogens (tertiary/aromatic N) is 1. The highest BCUT2D eigenvalue weighted by atomic mass is 19.1. The summed E-state index contributed by atoms with van der Waals surface area (Å²) in [4.78, 5) is 14.5. The van der Waals surface area contributed by atoms with Gasteiger partial charge >= 0.3 is 0 Å². The van der Waals surface area contributed by atoms with Crippen molar-refractivity contribution in [2.24, 2.45) is 0 Å². The maximum absolute atomic E-state index is 13.0. The molecule has 1 fully saturated rings. The summed E-state index contributed by atoms with van der Waals surface area (Å²) in [5.74, 6) is -0.636. The van der Waals surface area contributed by atoms with E-state index < -0.39 is 0 Å². The number of halogens is 1. The number of hydrogen-bond acceptors (Lipinski definition) is 3. The highest BCUT2D eigenvalue weighted by Crippen LogP contribution is 2.28. The number of aliphatic hydroxyl groups excluding tert-OH is 1. The second kappa shape index (κ2) is 6.79. The van der Waals surface area contributed by atoms with E-state index in [4.69, 9.17) is 0 Å². The fourth-order valence-electron chi connectivity index (χ4n) is 2.76. The Balaban J connectivity index is 1.77. The van der Waals surface area contributed by atoms with E-state index in [1.165, 1.54) is 24.3 Å². The molecule has 23 heavy (non-hydrogen) atoms. The fraction of sp³-hybridized carbons (Fsp3) is 0.278. The molecule has 0 aromatic heterocycles. The van der Waals surface area contributed by atoms with Crippen LogP contribution in [0.25, 0.3) is 0 Å². The second-order valence-electron chi connectivity index (χ2n) is 5.70. The molecule has 1 aliphatic rings. The van der Waals surface area contributed by atoms with Crippen LogP contribution < -0.4 is 10.2 Å². The van der Waals surface area contributed by atoms with Crippen molar-refractivity contribution in [2.75, 3.05) is 23.3 Å². The molecule has 0 radical (unpaired) electrons. The van der Waals surface area contributed by atoms with Gasteiger partial charge in [0.2, 0.25) is 0 Å². The summed E-state index contributed by atoms with van der Waals surface area (Å²) < 4.78 is 13.0. The molecule has 120 valence electrons. The number of carbonyl (C=O) groups excluding carboxylic acids is 1. The Labute approximate surface area is 134 Å². The van der Waals surface area contributed by atoms with Gasteiger partial charge in [0.15, 0.2) is 0 Å². The van der Waals surface area contributed by atoms with Gasteiger partial charge in [-0.15, -0.1) is 0 Å². The number of carbonyl (C=O) groups is 1. The zero-order valence-electron chi connectivity index (χ0n) is 12.7. The highest BCUT2D eigenvalue weighted by Gasteiger charge is 2.20. The van der Waals surface area contributed by atoms with Crippen LogP contribution in [0.4, 0.5) is 15.8 Å². The van der Waals surface area contributed by atoms with Crippen molar-refractivity contribution >= 4 is 17.3 Å². The first kappa shape index (κ1) is 15.5. The molecule has 2 aromatic carbocycles. The van der Waals surface area contributed by atoms with Gasteiger partial charge in [-0.05, 0) is 49.2 Å². The third kappa shape index (κ3) is 3.68. The Morgan fingerprint density at radius 3 is 2.43 bits per heavy atom. The Kier molecular flexibility index (Phi) is 4.57. The van der Waals surface area contributed by atoms with Crippen LogP contribution >= 0.6 is 0 Å². The average molecular weight is 314 g/mol. The Bertz CT molecular complexity index is 680. The molecule has 1 heterocycles. The maximum atomic E-state index is 13.0. The SMILES string of the molecule is O=C(Nc1ccccc1N1CCC(O)CC1)c1ccc(F)cc1. The second-order valence-corrected chi connectivity index (χ2v) is 5.70. The molecule has 1 aliphatic heterocycles. The Hall–Kier alpha value is -2.40. The lowest BCUT2D eigenvalue weighted by Crippen LogP contribution is -2.36. The minimum absolute atomic E-state index is 0.243. The summed E-state index contributed by atoms with van der Waals surface area (Å²) in [5.41, 5.74) is 2.07. The smallest absolute Gasteiger partial charge is 0.255 e. The number of benzene rings is 2. The standard InChI is InChI=1S/C18H19FN2O2/c19-14-7-5-13(6-8-14)18(23)20-16-3-1-2-4-17(16)21-11-9-15(22)10-12-21/h1-8,15,22H,9-12H2,(H,20,23). The molecule has 0 spiro atoms. The number of anilines is 2. The molecule has 4 nitrogen and oxygen atoms in total. The van der Waals surface area contributed by atoms with E-state index in [1.807, 2.05) is 24.3 Å². The van der Waals surface area contributed by atoms with E-state index in [-0.39, 0.29) is 17.8 Å². The average Bonchev–Trinajstić information content (AvgIpc) is 2.57. The molecule has 0 unspecified atom stereocenters. The van der Waals surface area contributed by atoms with Crippen LogP contribution in [0.2, 0.25) is 0 Å². The molecule has 0 bridgehead atoms. The lowest BCUT2D eigenvalue weighted by molar-refractivity contribution is 0.102. The maximum Gasteiger partial charge on any atom is 0.255 e. The quantitative estimate of drug-likeness (QED) is 0.915. The summed E-state index contributed by atoms with van der Waals surface area (Å²) >= 11 is 0.